The van der Waals surface area contributed by atoms with Crippen molar-refractivity contribution < 1.29 is 9.53 Å². The van der Waals surface area contributed by atoms with Gasteiger partial charge in [0.15, 0.2) is 0 Å². The Balaban J connectivity index is 0.00000264. The fourth-order valence-corrected chi connectivity index (χ4v) is 2.94. The van der Waals surface area contributed by atoms with Gasteiger partial charge in [0.05, 0.1) is 6.61 Å². The van der Waals surface area contributed by atoms with Crippen LogP contribution in [-0.4, -0.2) is 72.2 Å². The highest BCUT2D eigenvalue weighted by molar-refractivity contribution is 5.85. The SMILES string of the molecule is COCCn1ccnc1CCC(=O)N1CCC[C@@H](N(C)C)C1.Cl. The smallest absolute Gasteiger partial charge is 0.223 e. The number of ether oxygens (including phenoxy) is 1. The number of amides is 1. The summed E-state index contributed by atoms with van der Waals surface area (Å²) in [5.74, 6) is 1.21. The van der Waals surface area contributed by atoms with Gasteiger partial charge in [0, 0.05) is 58.0 Å². The second-order valence-electron chi connectivity index (χ2n) is 6.13. The fraction of sp³-hybridized carbons (Fsp3) is 0.750. The number of aromatic nitrogens is 2. The zero-order valence-corrected chi connectivity index (χ0v) is 15.2. The molecule has 0 aromatic carbocycles. The molecule has 7 heteroatoms. The van der Waals surface area contributed by atoms with E-state index in [0.717, 1.165) is 31.9 Å². The largest absolute Gasteiger partial charge is 0.383 e. The Morgan fingerprint density at radius 2 is 2.26 bits per heavy atom. The summed E-state index contributed by atoms with van der Waals surface area (Å²) in [4.78, 5) is 21.0. The number of hydrogen-bond acceptors (Lipinski definition) is 4. The molecule has 6 nitrogen and oxygen atoms in total. The van der Waals surface area contributed by atoms with Gasteiger partial charge in [-0.1, -0.05) is 0 Å². The van der Waals surface area contributed by atoms with Gasteiger partial charge in [-0.25, -0.2) is 4.98 Å². The summed E-state index contributed by atoms with van der Waals surface area (Å²) in [7, 11) is 5.87. The van der Waals surface area contributed by atoms with Crippen LogP contribution in [0.4, 0.5) is 0 Å². The third-order valence-corrected chi connectivity index (χ3v) is 4.38. The highest BCUT2D eigenvalue weighted by Gasteiger charge is 2.24. The van der Waals surface area contributed by atoms with E-state index in [4.69, 9.17) is 4.74 Å². The zero-order chi connectivity index (χ0) is 15.9. The van der Waals surface area contributed by atoms with Crippen molar-refractivity contribution in [2.75, 3.05) is 40.9 Å². The molecule has 1 fully saturated rings. The highest BCUT2D eigenvalue weighted by atomic mass is 35.5. The molecule has 0 N–H and O–H groups in total. The summed E-state index contributed by atoms with van der Waals surface area (Å²) >= 11 is 0. The van der Waals surface area contributed by atoms with E-state index >= 15 is 0 Å². The number of hydrogen-bond donors (Lipinski definition) is 0. The van der Waals surface area contributed by atoms with Crippen molar-refractivity contribution in [3.05, 3.63) is 18.2 Å². The molecule has 0 unspecified atom stereocenters. The van der Waals surface area contributed by atoms with Crippen LogP contribution in [0.25, 0.3) is 0 Å². The summed E-state index contributed by atoms with van der Waals surface area (Å²) in [5, 5.41) is 0. The first kappa shape index (κ1) is 19.9. The van der Waals surface area contributed by atoms with E-state index in [1.165, 1.54) is 6.42 Å². The first-order valence-electron chi connectivity index (χ1n) is 8.05. The maximum Gasteiger partial charge on any atom is 0.223 e. The molecule has 1 aliphatic heterocycles. The molecule has 0 aliphatic carbocycles. The maximum atomic E-state index is 12.4. The number of piperidine rings is 1. The van der Waals surface area contributed by atoms with Crippen LogP contribution in [0.5, 0.6) is 0 Å². The Morgan fingerprint density at radius 3 is 2.96 bits per heavy atom. The molecule has 1 aromatic heterocycles. The third kappa shape index (κ3) is 5.79. The lowest BCUT2D eigenvalue weighted by molar-refractivity contribution is -0.133. The van der Waals surface area contributed by atoms with Gasteiger partial charge in [-0.15, -0.1) is 12.4 Å². The van der Waals surface area contributed by atoms with Gasteiger partial charge in [0.1, 0.15) is 5.82 Å². The lowest BCUT2D eigenvalue weighted by Gasteiger charge is -2.36. The molecule has 1 saturated heterocycles. The van der Waals surface area contributed by atoms with E-state index in [2.05, 4.69) is 28.5 Å². The quantitative estimate of drug-likeness (QED) is 0.751. The van der Waals surface area contributed by atoms with E-state index in [0.29, 0.717) is 25.5 Å². The summed E-state index contributed by atoms with van der Waals surface area (Å²) in [6.45, 7) is 3.19. The second-order valence-corrected chi connectivity index (χ2v) is 6.13. The standard InChI is InChI=1S/C16H28N4O2.ClH/c1-18(2)14-5-4-9-20(13-14)16(21)7-6-15-17-8-10-19(15)11-12-22-3;/h8,10,14H,4-7,9,11-13H2,1-3H3;1H/t14-;/m1./s1. The Labute approximate surface area is 145 Å². The van der Waals surface area contributed by atoms with E-state index in [1.807, 2.05) is 11.1 Å². The topological polar surface area (TPSA) is 50.6 Å². The van der Waals surface area contributed by atoms with Gasteiger partial charge in [-0.3, -0.25) is 4.79 Å². The Morgan fingerprint density at radius 1 is 1.48 bits per heavy atom. The van der Waals surface area contributed by atoms with Crippen LogP contribution < -0.4 is 0 Å². The Bertz CT molecular complexity index is 478. The molecule has 1 aliphatic rings. The monoisotopic (exact) mass is 344 g/mol. The van der Waals surface area contributed by atoms with Crippen molar-refractivity contribution in [3.8, 4) is 0 Å². The predicted octanol–water partition coefficient (Wildman–Crippen LogP) is 1.44. The maximum absolute atomic E-state index is 12.4. The highest BCUT2D eigenvalue weighted by Crippen LogP contribution is 2.15. The molecule has 23 heavy (non-hydrogen) atoms. The van der Waals surface area contributed by atoms with Gasteiger partial charge >= 0.3 is 0 Å². The normalized spacial score (nSPS) is 18.1. The van der Waals surface area contributed by atoms with Gasteiger partial charge in [-0.2, -0.15) is 0 Å². The summed E-state index contributed by atoms with van der Waals surface area (Å²) in [5.41, 5.74) is 0. The molecule has 0 spiro atoms. The number of halogens is 1. The zero-order valence-electron chi connectivity index (χ0n) is 14.4. The first-order chi connectivity index (χ1) is 10.6. The summed E-state index contributed by atoms with van der Waals surface area (Å²) < 4.78 is 7.16. The fourth-order valence-electron chi connectivity index (χ4n) is 2.94. The van der Waals surface area contributed by atoms with Gasteiger partial charge < -0.3 is 19.1 Å². The molecule has 1 amide bonds. The first-order valence-corrected chi connectivity index (χ1v) is 8.05. The van der Waals surface area contributed by atoms with Crippen LogP contribution in [-0.2, 0) is 22.5 Å². The number of carbonyl (C=O) groups excluding carboxylic acids is 1. The molecule has 1 atom stereocenters. The van der Waals surface area contributed by atoms with Crippen LogP contribution in [0.1, 0.15) is 25.1 Å². The average Bonchev–Trinajstić information content (AvgIpc) is 2.98. The third-order valence-electron chi connectivity index (χ3n) is 4.38. The molecular formula is C16H29ClN4O2. The minimum absolute atomic E-state index is 0. The minimum atomic E-state index is 0. The number of aryl methyl sites for hydroxylation is 1. The van der Waals surface area contributed by atoms with Gasteiger partial charge in [-0.05, 0) is 26.9 Å². The van der Waals surface area contributed by atoms with E-state index in [1.54, 1.807) is 13.3 Å². The van der Waals surface area contributed by atoms with Crippen LogP contribution in [0.15, 0.2) is 12.4 Å². The van der Waals surface area contributed by atoms with Gasteiger partial charge in [0.25, 0.3) is 0 Å². The molecule has 0 radical (unpaired) electrons. The van der Waals surface area contributed by atoms with Crippen LogP contribution in [0.3, 0.4) is 0 Å². The van der Waals surface area contributed by atoms with Crippen LogP contribution in [0, 0.1) is 0 Å². The van der Waals surface area contributed by atoms with E-state index < -0.39 is 0 Å². The average molecular weight is 345 g/mol. The number of nitrogens with zero attached hydrogens (tertiary/aromatic N) is 4. The molecule has 0 saturated carbocycles. The Hall–Kier alpha value is -1.11. The van der Waals surface area contributed by atoms with Crippen molar-refractivity contribution in [2.45, 2.75) is 38.3 Å². The number of methoxy groups -OCH3 is 1. The van der Waals surface area contributed by atoms with Crippen LogP contribution >= 0.6 is 12.4 Å². The molecular weight excluding hydrogens is 316 g/mol. The lowest BCUT2D eigenvalue weighted by atomic mass is 10.0. The molecule has 0 bridgehead atoms. The van der Waals surface area contributed by atoms with Gasteiger partial charge in [0.2, 0.25) is 5.91 Å². The number of carbonyl (C=O) groups is 1. The number of imidazole rings is 1. The number of likely N-dealkylation sites (N-methyl/N-ethyl adjacent to an activating group) is 1. The second kappa shape index (κ2) is 9.90. The van der Waals surface area contributed by atoms with Crippen molar-refractivity contribution >= 4 is 18.3 Å². The predicted molar refractivity (Wildman–Crippen MR) is 93.0 cm³/mol. The van der Waals surface area contributed by atoms with Crippen LogP contribution in [0.2, 0.25) is 0 Å². The molecule has 1 aromatic rings. The lowest BCUT2D eigenvalue weighted by Crippen LogP contribution is -2.47. The van der Waals surface area contributed by atoms with Crippen molar-refractivity contribution in [1.82, 2.24) is 19.4 Å². The van der Waals surface area contributed by atoms with E-state index in [9.17, 15) is 4.79 Å². The van der Waals surface area contributed by atoms with Crippen molar-refractivity contribution in [1.29, 1.82) is 0 Å². The number of rotatable bonds is 7. The summed E-state index contributed by atoms with van der Waals surface area (Å²) in [6, 6.07) is 0.487. The molecule has 132 valence electrons. The molecule has 2 heterocycles. The Kier molecular flexibility index (Phi) is 8.58. The van der Waals surface area contributed by atoms with E-state index in [-0.39, 0.29) is 18.3 Å². The molecule has 2 rings (SSSR count). The van der Waals surface area contributed by atoms with Crippen molar-refractivity contribution in [3.63, 3.8) is 0 Å². The minimum Gasteiger partial charge on any atom is -0.383 e. The van der Waals surface area contributed by atoms with Crippen molar-refractivity contribution in [2.24, 2.45) is 0 Å². The number of likely N-dealkylation sites (tertiary alicyclic amines) is 1. The summed E-state index contributed by atoms with van der Waals surface area (Å²) in [6.07, 6.45) is 7.23.